The fourth-order valence-electron chi connectivity index (χ4n) is 3.00. The van der Waals surface area contributed by atoms with Crippen molar-refractivity contribution in [3.63, 3.8) is 0 Å². The van der Waals surface area contributed by atoms with Gasteiger partial charge in [0.2, 0.25) is 10.0 Å². The lowest BCUT2D eigenvalue weighted by Crippen LogP contribution is -2.28. The molecule has 2 N–H and O–H groups in total. The molecule has 26 heavy (non-hydrogen) atoms. The molecule has 0 saturated carbocycles. The van der Waals surface area contributed by atoms with E-state index < -0.39 is 16.1 Å². The zero-order valence-electron chi connectivity index (χ0n) is 14.6. The van der Waals surface area contributed by atoms with E-state index in [4.69, 9.17) is 16.3 Å². The van der Waals surface area contributed by atoms with Gasteiger partial charge in [0.25, 0.3) is 0 Å². The van der Waals surface area contributed by atoms with Crippen LogP contribution in [0.1, 0.15) is 17.2 Å². The van der Waals surface area contributed by atoms with Gasteiger partial charge >= 0.3 is 0 Å². The number of aliphatic hydroxyl groups is 1. The van der Waals surface area contributed by atoms with Gasteiger partial charge in [-0.25, -0.2) is 13.1 Å². The van der Waals surface area contributed by atoms with E-state index >= 15 is 0 Å². The first-order valence-electron chi connectivity index (χ1n) is 8.17. The number of anilines is 1. The van der Waals surface area contributed by atoms with Crippen molar-refractivity contribution in [3.8, 4) is 5.75 Å². The summed E-state index contributed by atoms with van der Waals surface area (Å²) in [4.78, 5) is 2.17. The molecule has 1 heterocycles. The van der Waals surface area contributed by atoms with E-state index in [0.717, 1.165) is 24.2 Å². The molecule has 1 aliphatic rings. The van der Waals surface area contributed by atoms with Crippen LogP contribution >= 0.6 is 11.6 Å². The highest BCUT2D eigenvalue weighted by Crippen LogP contribution is 2.30. The second-order valence-corrected chi connectivity index (χ2v) is 8.40. The Labute approximate surface area is 158 Å². The van der Waals surface area contributed by atoms with Gasteiger partial charge in [0.05, 0.1) is 23.1 Å². The molecule has 0 fully saturated rings. The molecule has 8 heteroatoms. The van der Waals surface area contributed by atoms with Crippen molar-refractivity contribution < 1.29 is 18.3 Å². The standard InChI is InChI=1S/C18H21ClN2O4S/c1-21-8-7-12-9-13(3-5-16(12)21)17(22)11-20-26(23,24)14-4-6-18(25-2)15(19)10-14/h3-6,9-10,17,20,22H,7-8,11H2,1-2H3. The highest BCUT2D eigenvalue weighted by Gasteiger charge is 2.21. The van der Waals surface area contributed by atoms with Crippen molar-refractivity contribution >= 4 is 27.3 Å². The number of nitrogens with zero attached hydrogens (tertiary/aromatic N) is 1. The number of benzene rings is 2. The summed E-state index contributed by atoms with van der Waals surface area (Å²) in [6, 6.07) is 9.93. The average molecular weight is 397 g/mol. The number of nitrogens with one attached hydrogen (secondary N) is 1. The second-order valence-electron chi connectivity index (χ2n) is 6.22. The smallest absolute Gasteiger partial charge is 0.240 e. The van der Waals surface area contributed by atoms with Gasteiger partial charge in [-0.15, -0.1) is 0 Å². The molecule has 2 aromatic carbocycles. The van der Waals surface area contributed by atoms with Crippen LogP contribution in [0.3, 0.4) is 0 Å². The lowest BCUT2D eigenvalue weighted by molar-refractivity contribution is 0.182. The Hall–Kier alpha value is -1.80. The number of fused-ring (bicyclic) bond motifs is 1. The van der Waals surface area contributed by atoms with Crippen LogP contribution in [0.15, 0.2) is 41.3 Å². The lowest BCUT2D eigenvalue weighted by atomic mass is 10.0. The minimum absolute atomic E-state index is 0.0195. The molecule has 0 radical (unpaired) electrons. The second kappa shape index (κ2) is 7.44. The van der Waals surface area contributed by atoms with Gasteiger partial charge in [-0.2, -0.15) is 0 Å². The average Bonchev–Trinajstić information content (AvgIpc) is 3.00. The first-order chi connectivity index (χ1) is 12.3. The minimum Gasteiger partial charge on any atom is -0.495 e. The van der Waals surface area contributed by atoms with Crippen LogP contribution in [0, 0.1) is 0 Å². The maximum absolute atomic E-state index is 12.4. The first-order valence-corrected chi connectivity index (χ1v) is 10.0. The van der Waals surface area contributed by atoms with Crippen LogP contribution in [0.5, 0.6) is 5.75 Å². The minimum atomic E-state index is -3.79. The summed E-state index contributed by atoms with van der Waals surface area (Å²) >= 11 is 5.99. The van der Waals surface area contributed by atoms with E-state index in [-0.39, 0.29) is 16.5 Å². The fourth-order valence-corrected chi connectivity index (χ4v) is 4.38. The Balaban J connectivity index is 1.70. The van der Waals surface area contributed by atoms with Crippen LogP contribution < -0.4 is 14.4 Å². The van der Waals surface area contributed by atoms with Gasteiger partial charge < -0.3 is 14.7 Å². The van der Waals surface area contributed by atoms with Crippen molar-refractivity contribution in [2.75, 3.05) is 32.1 Å². The fraction of sp³-hybridized carbons (Fsp3) is 0.333. The van der Waals surface area contributed by atoms with Crippen molar-refractivity contribution in [2.45, 2.75) is 17.4 Å². The number of aliphatic hydroxyl groups excluding tert-OH is 1. The molecule has 3 rings (SSSR count). The molecule has 2 aromatic rings. The predicted octanol–water partition coefficient (Wildman–Crippen LogP) is 2.35. The molecule has 1 unspecified atom stereocenters. The van der Waals surface area contributed by atoms with Gasteiger partial charge in [0.1, 0.15) is 5.75 Å². The largest absolute Gasteiger partial charge is 0.495 e. The van der Waals surface area contributed by atoms with E-state index in [1.807, 2.05) is 25.2 Å². The Morgan fingerprint density at radius 1 is 1.31 bits per heavy atom. The van der Waals surface area contributed by atoms with Crippen molar-refractivity contribution in [1.82, 2.24) is 4.72 Å². The van der Waals surface area contributed by atoms with Gasteiger partial charge in [0.15, 0.2) is 0 Å². The SMILES string of the molecule is COc1ccc(S(=O)(=O)NCC(O)c2ccc3c(c2)CCN3C)cc1Cl. The van der Waals surface area contributed by atoms with Gasteiger partial charge in [-0.1, -0.05) is 23.7 Å². The van der Waals surface area contributed by atoms with Gasteiger partial charge in [0, 0.05) is 25.8 Å². The highest BCUT2D eigenvalue weighted by molar-refractivity contribution is 7.89. The van der Waals surface area contributed by atoms with E-state index in [1.54, 1.807) is 0 Å². The highest BCUT2D eigenvalue weighted by atomic mass is 35.5. The quantitative estimate of drug-likeness (QED) is 0.783. The molecular weight excluding hydrogens is 376 g/mol. The third kappa shape index (κ3) is 3.81. The summed E-state index contributed by atoms with van der Waals surface area (Å²) in [5.41, 5.74) is 3.00. The Kier molecular flexibility index (Phi) is 5.43. The van der Waals surface area contributed by atoms with Crippen molar-refractivity contribution in [2.24, 2.45) is 0 Å². The van der Waals surface area contributed by atoms with Crippen LogP contribution in [0.4, 0.5) is 5.69 Å². The summed E-state index contributed by atoms with van der Waals surface area (Å²) in [5.74, 6) is 0.397. The number of rotatable bonds is 6. The summed E-state index contributed by atoms with van der Waals surface area (Å²) in [7, 11) is -0.309. The summed E-state index contributed by atoms with van der Waals surface area (Å²) < 4.78 is 32.3. The molecular formula is C18H21ClN2O4S. The predicted molar refractivity (Wildman–Crippen MR) is 102 cm³/mol. The molecule has 0 spiro atoms. The van der Waals surface area contributed by atoms with Crippen LogP contribution in [-0.4, -0.2) is 40.8 Å². The molecule has 140 valence electrons. The van der Waals surface area contributed by atoms with E-state index in [1.165, 1.54) is 25.3 Å². The van der Waals surface area contributed by atoms with E-state index in [0.29, 0.717) is 11.3 Å². The van der Waals surface area contributed by atoms with Crippen LogP contribution in [0.25, 0.3) is 0 Å². The Bertz CT molecular complexity index is 917. The van der Waals surface area contributed by atoms with E-state index in [9.17, 15) is 13.5 Å². The van der Waals surface area contributed by atoms with Crippen molar-refractivity contribution in [1.29, 1.82) is 0 Å². The topological polar surface area (TPSA) is 78.9 Å². The maximum atomic E-state index is 12.4. The lowest BCUT2D eigenvalue weighted by Gasteiger charge is -2.16. The summed E-state index contributed by atoms with van der Waals surface area (Å²) in [5, 5.41) is 10.6. The number of sulfonamides is 1. The zero-order valence-corrected chi connectivity index (χ0v) is 16.1. The number of methoxy groups -OCH3 is 1. The molecule has 0 saturated heterocycles. The summed E-state index contributed by atoms with van der Waals surface area (Å²) in [6.07, 6.45) is -0.0163. The molecule has 1 aliphatic heterocycles. The molecule has 0 bridgehead atoms. The van der Waals surface area contributed by atoms with Crippen molar-refractivity contribution in [3.05, 3.63) is 52.5 Å². The first kappa shape index (κ1) is 19.0. The van der Waals surface area contributed by atoms with Gasteiger partial charge in [-0.3, -0.25) is 0 Å². The number of ether oxygens (including phenoxy) is 1. The van der Waals surface area contributed by atoms with E-state index in [2.05, 4.69) is 9.62 Å². The number of hydrogen-bond donors (Lipinski definition) is 2. The number of halogens is 1. The monoisotopic (exact) mass is 396 g/mol. The molecule has 0 aromatic heterocycles. The third-order valence-electron chi connectivity index (χ3n) is 4.52. The van der Waals surface area contributed by atoms with Gasteiger partial charge in [-0.05, 0) is 41.8 Å². The third-order valence-corrected chi connectivity index (χ3v) is 6.23. The Morgan fingerprint density at radius 3 is 2.77 bits per heavy atom. The Morgan fingerprint density at radius 2 is 2.08 bits per heavy atom. The number of hydrogen-bond acceptors (Lipinski definition) is 5. The van der Waals surface area contributed by atoms with Crippen LogP contribution in [-0.2, 0) is 16.4 Å². The van der Waals surface area contributed by atoms with Crippen LogP contribution in [0.2, 0.25) is 5.02 Å². The molecule has 0 amide bonds. The maximum Gasteiger partial charge on any atom is 0.240 e. The summed E-state index contributed by atoms with van der Waals surface area (Å²) in [6.45, 7) is 0.820. The zero-order chi connectivity index (χ0) is 18.9. The normalized spacial score (nSPS) is 15.0. The molecule has 1 atom stereocenters. The molecule has 6 nitrogen and oxygen atoms in total. The number of likely N-dealkylation sites (N-methyl/N-ethyl adjacent to an activating group) is 1. The molecule has 0 aliphatic carbocycles.